The van der Waals surface area contributed by atoms with Crippen LogP contribution in [0.2, 0.25) is 0 Å². The van der Waals surface area contributed by atoms with Crippen molar-refractivity contribution < 1.29 is 27.5 Å². The number of benzene rings is 1. The van der Waals surface area contributed by atoms with Gasteiger partial charge in [0, 0.05) is 25.7 Å². The number of piperidine rings is 1. The summed E-state index contributed by atoms with van der Waals surface area (Å²) in [5.41, 5.74) is 0.357. The molecule has 1 saturated heterocycles. The predicted molar refractivity (Wildman–Crippen MR) is 95.4 cm³/mol. The molecule has 1 aromatic carbocycles. The van der Waals surface area contributed by atoms with Gasteiger partial charge in [-0.25, -0.2) is 8.42 Å². The molecule has 0 saturated carbocycles. The first-order chi connectivity index (χ1) is 12.3. The van der Waals surface area contributed by atoms with E-state index in [1.165, 1.54) is 30.5 Å². The second-order valence-corrected chi connectivity index (χ2v) is 7.91. The molecule has 26 heavy (non-hydrogen) atoms. The Hall–Kier alpha value is -2.13. The Bertz CT molecular complexity index is 777. The van der Waals surface area contributed by atoms with E-state index in [-0.39, 0.29) is 35.7 Å². The lowest BCUT2D eigenvalue weighted by atomic mass is 10.0. The highest BCUT2D eigenvalue weighted by molar-refractivity contribution is 7.89. The summed E-state index contributed by atoms with van der Waals surface area (Å²) in [5.74, 6) is -0.995. The van der Waals surface area contributed by atoms with Crippen molar-refractivity contribution in [1.29, 1.82) is 0 Å². The quantitative estimate of drug-likeness (QED) is 0.748. The fourth-order valence-corrected chi connectivity index (χ4v) is 4.62. The molecule has 8 nitrogen and oxygen atoms in total. The van der Waals surface area contributed by atoms with Crippen LogP contribution in [0.5, 0.6) is 5.75 Å². The first kappa shape index (κ1) is 20.2. The number of ether oxygens (including phenoxy) is 2. The summed E-state index contributed by atoms with van der Waals surface area (Å²) < 4.78 is 37.7. The molecule has 0 unspecified atom stereocenters. The smallest absolute Gasteiger partial charge is 0.310 e. The molecule has 0 spiro atoms. The lowest BCUT2D eigenvalue weighted by molar-refractivity contribution is -0.149. The summed E-state index contributed by atoms with van der Waals surface area (Å²) in [6.07, 6.45) is 1.16. The van der Waals surface area contributed by atoms with Crippen molar-refractivity contribution in [3.8, 4) is 5.75 Å². The van der Waals surface area contributed by atoms with Crippen molar-refractivity contribution in [2.24, 2.45) is 5.92 Å². The number of nitrogens with one attached hydrogen (secondary N) is 1. The maximum atomic E-state index is 13.1. The molecule has 0 bridgehead atoms. The number of methoxy groups -OCH3 is 1. The van der Waals surface area contributed by atoms with E-state index in [0.29, 0.717) is 25.1 Å². The molecule has 0 aromatic heterocycles. The van der Waals surface area contributed by atoms with Gasteiger partial charge < -0.3 is 14.8 Å². The van der Waals surface area contributed by atoms with Crippen molar-refractivity contribution in [2.75, 3.05) is 32.1 Å². The Kier molecular flexibility index (Phi) is 6.60. The van der Waals surface area contributed by atoms with Crippen LogP contribution in [0.15, 0.2) is 23.1 Å². The minimum absolute atomic E-state index is 0.0456. The van der Waals surface area contributed by atoms with Crippen molar-refractivity contribution in [1.82, 2.24) is 4.31 Å². The van der Waals surface area contributed by atoms with Crippen molar-refractivity contribution >= 4 is 27.6 Å². The molecule has 9 heteroatoms. The highest BCUT2D eigenvalue weighted by Crippen LogP contribution is 2.32. The highest BCUT2D eigenvalue weighted by Gasteiger charge is 2.35. The third kappa shape index (κ3) is 4.53. The average Bonchev–Trinajstić information content (AvgIpc) is 2.61. The van der Waals surface area contributed by atoms with Crippen LogP contribution in [0.1, 0.15) is 26.7 Å². The molecule has 1 fully saturated rings. The summed E-state index contributed by atoms with van der Waals surface area (Å²) in [6, 6.07) is 4.42. The van der Waals surface area contributed by atoms with Gasteiger partial charge in [-0.05, 0) is 38.0 Å². The number of carbonyl (C=O) groups excluding carboxylic acids is 2. The zero-order chi connectivity index (χ0) is 19.3. The first-order valence-corrected chi connectivity index (χ1v) is 9.86. The zero-order valence-electron chi connectivity index (χ0n) is 15.1. The third-order valence-corrected chi connectivity index (χ3v) is 5.99. The van der Waals surface area contributed by atoms with Gasteiger partial charge in [-0.15, -0.1) is 0 Å². The van der Waals surface area contributed by atoms with E-state index < -0.39 is 15.9 Å². The lowest BCUT2D eigenvalue weighted by Gasteiger charge is -2.31. The van der Waals surface area contributed by atoms with E-state index in [4.69, 9.17) is 9.47 Å². The van der Waals surface area contributed by atoms with E-state index in [1.54, 1.807) is 13.0 Å². The number of amides is 1. The van der Waals surface area contributed by atoms with E-state index in [0.717, 1.165) is 0 Å². The summed E-state index contributed by atoms with van der Waals surface area (Å²) in [4.78, 5) is 23.2. The number of rotatable bonds is 6. The van der Waals surface area contributed by atoms with Crippen LogP contribution in [-0.4, -0.2) is 51.4 Å². The number of anilines is 1. The summed E-state index contributed by atoms with van der Waals surface area (Å²) in [7, 11) is -2.52. The Labute approximate surface area is 153 Å². The van der Waals surface area contributed by atoms with Crippen molar-refractivity contribution in [2.45, 2.75) is 31.6 Å². The number of carbonyl (C=O) groups is 2. The van der Waals surface area contributed by atoms with Gasteiger partial charge in [0.25, 0.3) is 0 Å². The maximum absolute atomic E-state index is 13.1. The topological polar surface area (TPSA) is 102 Å². The zero-order valence-corrected chi connectivity index (χ0v) is 16.0. The van der Waals surface area contributed by atoms with Crippen LogP contribution in [-0.2, 0) is 24.3 Å². The van der Waals surface area contributed by atoms with Gasteiger partial charge in [0.15, 0.2) is 0 Å². The van der Waals surface area contributed by atoms with Crippen LogP contribution < -0.4 is 10.1 Å². The van der Waals surface area contributed by atoms with Gasteiger partial charge in [0.05, 0.1) is 19.6 Å². The molecule has 0 aliphatic carbocycles. The second kappa shape index (κ2) is 8.50. The average molecular weight is 384 g/mol. The first-order valence-electron chi connectivity index (χ1n) is 8.42. The van der Waals surface area contributed by atoms with Gasteiger partial charge in [-0.1, -0.05) is 0 Å². The van der Waals surface area contributed by atoms with Crippen LogP contribution in [0.4, 0.5) is 5.69 Å². The Balaban J connectivity index is 2.33. The summed E-state index contributed by atoms with van der Waals surface area (Å²) in [5, 5.41) is 2.56. The molecule has 1 atom stereocenters. The fourth-order valence-electron chi connectivity index (χ4n) is 2.91. The number of sulfonamides is 1. The predicted octanol–water partition coefficient (Wildman–Crippen LogP) is 1.62. The minimum atomic E-state index is -3.90. The van der Waals surface area contributed by atoms with Crippen LogP contribution in [0.25, 0.3) is 0 Å². The number of hydrogen-bond acceptors (Lipinski definition) is 6. The molecule has 1 N–H and O–H groups in total. The molecule has 1 amide bonds. The van der Waals surface area contributed by atoms with E-state index >= 15 is 0 Å². The van der Waals surface area contributed by atoms with Crippen LogP contribution in [0, 0.1) is 5.92 Å². The highest BCUT2D eigenvalue weighted by atomic mass is 32.2. The summed E-state index contributed by atoms with van der Waals surface area (Å²) >= 11 is 0. The monoisotopic (exact) mass is 384 g/mol. The second-order valence-electron chi connectivity index (χ2n) is 6.00. The summed E-state index contributed by atoms with van der Waals surface area (Å²) in [6.45, 7) is 3.69. The van der Waals surface area contributed by atoms with Crippen LogP contribution in [0.3, 0.4) is 0 Å². The maximum Gasteiger partial charge on any atom is 0.310 e. The van der Waals surface area contributed by atoms with Crippen molar-refractivity contribution in [3.05, 3.63) is 18.2 Å². The van der Waals surface area contributed by atoms with Crippen LogP contribution >= 0.6 is 0 Å². The van der Waals surface area contributed by atoms with Crippen molar-refractivity contribution in [3.63, 3.8) is 0 Å². The SMILES string of the molecule is CCOC(=O)[C@@H]1CCCN(S(=O)(=O)c2cc(NC(C)=O)ccc2OC)C1. The van der Waals surface area contributed by atoms with Gasteiger partial charge in [-0.2, -0.15) is 4.31 Å². The molecular weight excluding hydrogens is 360 g/mol. The van der Waals surface area contributed by atoms with E-state index in [1.807, 2.05) is 0 Å². The number of esters is 1. The molecule has 2 rings (SSSR count). The van der Waals surface area contributed by atoms with Gasteiger partial charge in [-0.3, -0.25) is 9.59 Å². The molecule has 1 aromatic rings. The molecule has 144 valence electrons. The largest absolute Gasteiger partial charge is 0.495 e. The lowest BCUT2D eigenvalue weighted by Crippen LogP contribution is -2.42. The minimum Gasteiger partial charge on any atom is -0.495 e. The number of nitrogens with zero attached hydrogens (tertiary/aromatic N) is 1. The van der Waals surface area contributed by atoms with Gasteiger partial charge in [0.2, 0.25) is 15.9 Å². The molecule has 1 aliphatic rings. The molecule has 1 aliphatic heterocycles. The Morgan fingerprint density at radius 2 is 2.08 bits per heavy atom. The molecule has 0 radical (unpaired) electrons. The van der Waals surface area contributed by atoms with Gasteiger partial charge >= 0.3 is 5.97 Å². The normalized spacial score (nSPS) is 18.2. The Morgan fingerprint density at radius 3 is 2.69 bits per heavy atom. The molecular formula is C17H24N2O6S. The Morgan fingerprint density at radius 1 is 1.35 bits per heavy atom. The van der Waals surface area contributed by atoms with E-state index in [2.05, 4.69) is 5.32 Å². The van der Waals surface area contributed by atoms with E-state index in [9.17, 15) is 18.0 Å². The molecule has 1 heterocycles. The van der Waals surface area contributed by atoms with Gasteiger partial charge in [0.1, 0.15) is 10.6 Å². The fraction of sp³-hybridized carbons (Fsp3) is 0.529. The number of hydrogen-bond donors (Lipinski definition) is 1. The third-order valence-electron chi connectivity index (χ3n) is 4.11. The standard InChI is InChI=1S/C17H24N2O6S/c1-4-25-17(21)13-6-5-9-19(11-13)26(22,23)16-10-14(18-12(2)20)7-8-15(16)24-3/h7-8,10,13H,4-6,9,11H2,1-3H3,(H,18,20)/t13-/m1/s1.